The van der Waals surface area contributed by atoms with Crippen LogP contribution < -0.4 is 5.32 Å². The summed E-state index contributed by atoms with van der Waals surface area (Å²) in [6, 6.07) is 8.19. The highest BCUT2D eigenvalue weighted by Gasteiger charge is 2.43. The van der Waals surface area contributed by atoms with E-state index in [0.717, 1.165) is 74.2 Å². The van der Waals surface area contributed by atoms with E-state index in [2.05, 4.69) is 65.5 Å². The van der Waals surface area contributed by atoms with Gasteiger partial charge in [0.15, 0.2) is 10.9 Å². The van der Waals surface area contributed by atoms with Crippen LogP contribution in [0.1, 0.15) is 93.3 Å². The highest BCUT2D eigenvalue weighted by Crippen LogP contribution is 2.45. The molecule has 6 rings (SSSR count). The number of piperidine rings is 1. The SMILES string of the molecule is CC1=NCC2(CCC2)n2c1cc1ccc(C(=O)Nc3nc(C(=O)C(C)N(C)C4CCN(CC(C)(C)C)CC4)cs3)cc12. The van der Waals surface area contributed by atoms with E-state index in [1.807, 2.05) is 25.1 Å². The minimum atomic E-state index is -0.274. The highest BCUT2D eigenvalue weighted by molar-refractivity contribution is 7.14. The minimum absolute atomic E-state index is 0.00423. The Morgan fingerprint density at radius 1 is 1.19 bits per heavy atom. The van der Waals surface area contributed by atoms with Gasteiger partial charge in [0.25, 0.3) is 5.91 Å². The van der Waals surface area contributed by atoms with Gasteiger partial charge in [0.2, 0.25) is 0 Å². The third-order valence-corrected chi connectivity index (χ3v) is 10.4. The van der Waals surface area contributed by atoms with Gasteiger partial charge in [-0.2, -0.15) is 0 Å². The molecule has 2 aliphatic heterocycles. The molecular weight excluding hydrogens is 544 g/mol. The molecule has 1 amide bonds. The molecule has 1 aromatic carbocycles. The first-order valence-electron chi connectivity index (χ1n) is 15.4. The number of ketones is 1. The molecule has 1 N–H and O–H groups in total. The number of anilines is 1. The highest BCUT2D eigenvalue weighted by atomic mass is 32.1. The monoisotopic (exact) mass is 588 g/mol. The van der Waals surface area contributed by atoms with Crippen molar-refractivity contribution in [3.63, 3.8) is 0 Å². The molecule has 1 saturated carbocycles. The van der Waals surface area contributed by atoms with Crippen LogP contribution in [0.5, 0.6) is 0 Å². The number of aromatic nitrogens is 2. The van der Waals surface area contributed by atoms with Crippen LogP contribution in [0, 0.1) is 5.41 Å². The van der Waals surface area contributed by atoms with E-state index in [1.165, 1.54) is 17.8 Å². The summed E-state index contributed by atoms with van der Waals surface area (Å²) in [6.45, 7) is 14.9. The Hall–Kier alpha value is -2.88. The number of thiazole rings is 1. The van der Waals surface area contributed by atoms with E-state index in [-0.39, 0.29) is 23.3 Å². The normalized spacial score (nSPS) is 19.9. The van der Waals surface area contributed by atoms with E-state index >= 15 is 0 Å². The van der Waals surface area contributed by atoms with Gasteiger partial charge in [-0.25, -0.2) is 4.98 Å². The quantitative estimate of drug-likeness (QED) is 0.339. The number of likely N-dealkylation sites (tertiary alicyclic amines) is 1. The smallest absolute Gasteiger partial charge is 0.257 e. The summed E-state index contributed by atoms with van der Waals surface area (Å²) in [5, 5.41) is 6.29. The van der Waals surface area contributed by atoms with Crippen LogP contribution in [-0.2, 0) is 5.54 Å². The van der Waals surface area contributed by atoms with Gasteiger partial charge >= 0.3 is 0 Å². The number of carbonyl (C=O) groups excluding carboxylic acids is 2. The number of Topliss-reactive ketones (excluding diaryl/α,β-unsaturated/α-hetero) is 1. The first-order valence-corrected chi connectivity index (χ1v) is 16.2. The average molecular weight is 589 g/mol. The molecule has 4 heterocycles. The molecule has 2 aromatic heterocycles. The van der Waals surface area contributed by atoms with Crippen molar-refractivity contribution in [3.05, 3.63) is 46.6 Å². The van der Waals surface area contributed by atoms with Crippen LogP contribution in [0.4, 0.5) is 5.13 Å². The van der Waals surface area contributed by atoms with Gasteiger partial charge in [0.05, 0.1) is 29.5 Å². The van der Waals surface area contributed by atoms with E-state index in [0.29, 0.717) is 27.8 Å². The third kappa shape index (κ3) is 5.47. The Morgan fingerprint density at radius 2 is 1.93 bits per heavy atom. The molecule has 3 aliphatic rings. The molecule has 0 radical (unpaired) electrons. The minimum Gasteiger partial charge on any atom is -0.331 e. The fourth-order valence-corrected chi connectivity index (χ4v) is 7.68. The van der Waals surface area contributed by atoms with E-state index in [4.69, 9.17) is 4.99 Å². The first-order chi connectivity index (χ1) is 19.9. The Bertz CT molecular complexity index is 1530. The number of hydrogen-bond acceptors (Lipinski definition) is 7. The van der Waals surface area contributed by atoms with Crippen molar-refractivity contribution in [2.75, 3.05) is 38.5 Å². The number of fused-ring (bicyclic) bond motifs is 4. The Balaban J connectivity index is 1.11. The molecule has 3 aromatic rings. The summed E-state index contributed by atoms with van der Waals surface area (Å²) in [5.74, 6) is -0.215. The van der Waals surface area contributed by atoms with E-state index in [1.54, 1.807) is 5.38 Å². The van der Waals surface area contributed by atoms with Crippen LogP contribution in [0.3, 0.4) is 0 Å². The van der Waals surface area contributed by atoms with Crippen LogP contribution in [0.25, 0.3) is 10.9 Å². The predicted molar refractivity (Wildman–Crippen MR) is 171 cm³/mol. The molecule has 1 atom stereocenters. The van der Waals surface area contributed by atoms with Crippen molar-refractivity contribution < 1.29 is 9.59 Å². The Kier molecular flexibility index (Phi) is 7.64. The van der Waals surface area contributed by atoms with Gasteiger partial charge in [-0.3, -0.25) is 24.8 Å². The van der Waals surface area contributed by atoms with Gasteiger partial charge in [-0.15, -0.1) is 11.3 Å². The van der Waals surface area contributed by atoms with Gasteiger partial charge in [-0.1, -0.05) is 26.8 Å². The average Bonchev–Trinajstić information content (AvgIpc) is 3.56. The number of amides is 1. The first kappa shape index (κ1) is 29.2. The number of carbonyl (C=O) groups is 2. The summed E-state index contributed by atoms with van der Waals surface area (Å²) in [6.07, 6.45) is 5.58. The van der Waals surface area contributed by atoms with E-state index < -0.39 is 0 Å². The number of benzene rings is 1. The molecule has 1 spiro atoms. The second kappa shape index (κ2) is 11.0. The summed E-state index contributed by atoms with van der Waals surface area (Å²) in [4.78, 5) is 40.8. The van der Waals surface area contributed by atoms with Crippen molar-refractivity contribution in [1.29, 1.82) is 0 Å². The molecule has 1 unspecified atom stereocenters. The van der Waals surface area contributed by atoms with Crippen molar-refractivity contribution >= 4 is 44.8 Å². The Labute approximate surface area is 253 Å². The fourth-order valence-electron chi connectivity index (χ4n) is 6.99. The maximum Gasteiger partial charge on any atom is 0.257 e. The van der Waals surface area contributed by atoms with Crippen LogP contribution in [-0.4, -0.2) is 82.1 Å². The summed E-state index contributed by atoms with van der Waals surface area (Å²) in [5.41, 5.74) is 4.64. The van der Waals surface area contributed by atoms with Crippen molar-refractivity contribution in [3.8, 4) is 0 Å². The second-order valence-corrected chi connectivity index (χ2v) is 14.7. The summed E-state index contributed by atoms with van der Waals surface area (Å²) < 4.78 is 2.43. The molecule has 224 valence electrons. The number of aliphatic imine (C=N–C) groups is 1. The van der Waals surface area contributed by atoms with Gasteiger partial charge in [-0.05, 0) is 89.7 Å². The lowest BCUT2D eigenvalue weighted by Gasteiger charge is -2.46. The second-order valence-electron chi connectivity index (χ2n) is 13.9. The number of rotatable bonds is 7. The maximum atomic E-state index is 13.4. The van der Waals surface area contributed by atoms with Gasteiger partial charge < -0.3 is 9.47 Å². The molecule has 42 heavy (non-hydrogen) atoms. The third-order valence-electron chi connectivity index (χ3n) is 9.60. The molecule has 8 nitrogen and oxygen atoms in total. The van der Waals surface area contributed by atoms with Crippen LogP contribution >= 0.6 is 11.3 Å². The summed E-state index contributed by atoms with van der Waals surface area (Å²) in [7, 11) is 2.05. The number of hydrogen-bond donors (Lipinski definition) is 1. The lowest BCUT2D eigenvalue weighted by molar-refractivity contribution is 0.0653. The zero-order valence-electron chi connectivity index (χ0n) is 25.9. The number of nitrogens with zero attached hydrogens (tertiary/aromatic N) is 5. The molecule has 2 fully saturated rings. The molecule has 1 saturated heterocycles. The topological polar surface area (TPSA) is 82.8 Å². The van der Waals surface area contributed by atoms with E-state index in [9.17, 15) is 9.59 Å². The van der Waals surface area contributed by atoms with Crippen LogP contribution in [0.2, 0.25) is 0 Å². The lowest BCUT2D eigenvalue weighted by Crippen LogP contribution is -2.49. The molecule has 9 heteroatoms. The van der Waals surface area contributed by atoms with Gasteiger partial charge in [0.1, 0.15) is 5.69 Å². The fraction of sp³-hybridized carbons (Fsp3) is 0.576. The number of nitrogens with one attached hydrogen (secondary N) is 1. The van der Waals surface area contributed by atoms with Crippen molar-refractivity contribution in [2.45, 2.75) is 84.3 Å². The van der Waals surface area contributed by atoms with Crippen molar-refractivity contribution in [1.82, 2.24) is 19.4 Å². The Morgan fingerprint density at radius 3 is 2.60 bits per heavy atom. The van der Waals surface area contributed by atoms with Crippen molar-refractivity contribution in [2.24, 2.45) is 10.4 Å². The lowest BCUT2D eigenvalue weighted by atomic mass is 9.75. The van der Waals surface area contributed by atoms with Crippen LogP contribution in [0.15, 0.2) is 34.6 Å². The standard InChI is InChI=1S/C33H44N6O2S/c1-21-27-16-23-8-9-24(17-28(23)39(27)33(19-34-21)12-7-13-33)30(41)36-31-35-26(18-42-31)29(40)22(2)37(6)25-10-14-38(15-11-25)20-32(3,4)5/h8-9,16-18,22,25H,7,10-15,19-20H2,1-6H3,(H,35,36,41). The van der Waals surface area contributed by atoms with Gasteiger partial charge in [0, 0.05) is 34.4 Å². The maximum absolute atomic E-state index is 13.4. The number of likely N-dealkylation sites (N-methyl/N-ethyl adjacent to an activating group) is 1. The molecule has 1 aliphatic carbocycles. The molecular formula is C33H44N6O2S. The molecule has 0 bridgehead atoms. The summed E-state index contributed by atoms with van der Waals surface area (Å²) >= 11 is 1.30. The predicted octanol–water partition coefficient (Wildman–Crippen LogP) is 6.07. The largest absolute Gasteiger partial charge is 0.331 e. The zero-order chi connectivity index (χ0) is 29.8. The zero-order valence-corrected chi connectivity index (χ0v) is 26.7.